The number of aromatic nitrogens is 1. The minimum atomic E-state index is -1.25. The van der Waals surface area contributed by atoms with E-state index in [0.717, 1.165) is 48.6 Å². The quantitative estimate of drug-likeness (QED) is 0.291. The zero-order valence-electron chi connectivity index (χ0n) is 20.1. The highest BCUT2D eigenvalue weighted by Crippen LogP contribution is 2.31. The predicted octanol–water partition coefficient (Wildman–Crippen LogP) is 2.24. The third-order valence-electron chi connectivity index (χ3n) is 6.56. The molecule has 2 aromatic carbocycles. The molecule has 1 saturated heterocycles. The third-order valence-corrected chi connectivity index (χ3v) is 6.56. The van der Waals surface area contributed by atoms with Crippen LogP contribution in [0.5, 0.6) is 0 Å². The molecule has 0 spiro atoms. The van der Waals surface area contributed by atoms with Crippen molar-refractivity contribution in [3.8, 4) is 17.3 Å². The SMILES string of the molecule is C/C(=C(/C#N)C(O)NCC(O)CO)c1ccc(-c2ccc3cc(N4CCOCC4)ccc3c2)n1C. The second-order valence-electron chi connectivity index (χ2n) is 8.81. The van der Waals surface area contributed by atoms with Crippen molar-refractivity contribution in [2.24, 2.45) is 7.05 Å². The second-order valence-corrected chi connectivity index (χ2v) is 8.81. The van der Waals surface area contributed by atoms with Crippen LogP contribution in [0.1, 0.15) is 12.6 Å². The molecule has 4 N–H and O–H groups in total. The van der Waals surface area contributed by atoms with Crippen LogP contribution >= 0.6 is 0 Å². The van der Waals surface area contributed by atoms with Gasteiger partial charge in [0.05, 0.1) is 37.6 Å². The summed E-state index contributed by atoms with van der Waals surface area (Å²) >= 11 is 0. The van der Waals surface area contributed by atoms with Crippen molar-refractivity contribution in [2.75, 3.05) is 44.4 Å². The number of fused-ring (bicyclic) bond motifs is 1. The van der Waals surface area contributed by atoms with Crippen LogP contribution in [0.2, 0.25) is 0 Å². The summed E-state index contributed by atoms with van der Waals surface area (Å²) in [5.41, 5.74) is 4.86. The Morgan fingerprint density at radius 1 is 1.09 bits per heavy atom. The first-order valence-corrected chi connectivity index (χ1v) is 11.8. The van der Waals surface area contributed by atoms with Crippen LogP contribution in [0.3, 0.4) is 0 Å². The number of hydrogen-bond acceptors (Lipinski definition) is 7. The summed E-state index contributed by atoms with van der Waals surface area (Å²) in [6.07, 6.45) is -2.26. The van der Waals surface area contributed by atoms with Gasteiger partial charge in [-0.05, 0) is 59.2 Å². The Morgan fingerprint density at radius 3 is 2.51 bits per heavy atom. The van der Waals surface area contributed by atoms with E-state index < -0.39 is 18.9 Å². The first-order valence-electron chi connectivity index (χ1n) is 11.8. The van der Waals surface area contributed by atoms with Crippen LogP contribution < -0.4 is 10.2 Å². The molecule has 0 saturated carbocycles. The standard InChI is InChI=1S/C27H32N4O4/c1-18(24(15-28)27(34)29-16-23(33)17-32)25-7-8-26(30(25)2)21-4-3-20-14-22(6-5-19(20)13-21)31-9-11-35-12-10-31/h3-8,13-14,23,27,29,32-34H,9-12,16-17H2,1-2H3/b24-18+. The van der Waals surface area contributed by atoms with E-state index in [-0.39, 0.29) is 12.1 Å². The lowest BCUT2D eigenvalue weighted by atomic mass is 10.0. The topological polar surface area (TPSA) is 114 Å². The summed E-state index contributed by atoms with van der Waals surface area (Å²) in [5.74, 6) is 0. The molecule has 1 aliphatic heterocycles. The fourth-order valence-corrected chi connectivity index (χ4v) is 4.49. The van der Waals surface area contributed by atoms with E-state index in [1.165, 1.54) is 11.1 Å². The largest absolute Gasteiger partial charge is 0.394 e. The van der Waals surface area contributed by atoms with Gasteiger partial charge in [-0.3, -0.25) is 5.32 Å². The van der Waals surface area contributed by atoms with Gasteiger partial charge < -0.3 is 29.5 Å². The predicted molar refractivity (Wildman–Crippen MR) is 137 cm³/mol. The van der Waals surface area contributed by atoms with Crippen LogP contribution in [0.15, 0.2) is 54.1 Å². The van der Waals surface area contributed by atoms with Crippen molar-refractivity contribution in [3.63, 3.8) is 0 Å². The van der Waals surface area contributed by atoms with Crippen molar-refractivity contribution < 1.29 is 20.1 Å². The normalized spacial score (nSPS) is 16.6. The molecule has 0 aliphatic carbocycles. The zero-order valence-corrected chi connectivity index (χ0v) is 20.1. The number of anilines is 1. The summed E-state index contributed by atoms with van der Waals surface area (Å²) in [5, 5.41) is 43.6. The monoisotopic (exact) mass is 476 g/mol. The molecule has 8 nitrogen and oxygen atoms in total. The maximum atomic E-state index is 10.4. The van der Waals surface area contributed by atoms with Crippen LogP contribution in [0.25, 0.3) is 27.6 Å². The van der Waals surface area contributed by atoms with E-state index in [0.29, 0.717) is 5.57 Å². The molecule has 8 heteroatoms. The van der Waals surface area contributed by atoms with E-state index in [1.54, 1.807) is 6.92 Å². The van der Waals surface area contributed by atoms with Crippen molar-refractivity contribution in [1.82, 2.24) is 9.88 Å². The molecule has 2 unspecified atom stereocenters. The van der Waals surface area contributed by atoms with Gasteiger partial charge in [-0.2, -0.15) is 5.26 Å². The van der Waals surface area contributed by atoms with Gasteiger partial charge >= 0.3 is 0 Å². The first-order chi connectivity index (χ1) is 16.9. The number of rotatable bonds is 8. The molecule has 1 fully saturated rings. The molecular formula is C27H32N4O4. The van der Waals surface area contributed by atoms with Crippen molar-refractivity contribution in [2.45, 2.75) is 19.3 Å². The average Bonchev–Trinajstić information content (AvgIpc) is 3.28. The summed E-state index contributed by atoms with van der Waals surface area (Å²) in [7, 11) is 1.93. The minimum Gasteiger partial charge on any atom is -0.394 e. The Labute approximate surface area is 205 Å². The Kier molecular flexibility index (Phi) is 7.86. The molecule has 4 rings (SSSR count). The fraction of sp³-hybridized carbons (Fsp3) is 0.370. The number of nitriles is 1. The van der Waals surface area contributed by atoms with Gasteiger partial charge in [0, 0.05) is 43.8 Å². The molecule has 0 amide bonds. The molecule has 35 heavy (non-hydrogen) atoms. The first kappa shape index (κ1) is 24.9. The molecule has 0 radical (unpaired) electrons. The van der Waals surface area contributed by atoms with Gasteiger partial charge in [0.15, 0.2) is 0 Å². The van der Waals surface area contributed by atoms with E-state index in [2.05, 4.69) is 52.7 Å². The smallest absolute Gasteiger partial charge is 0.141 e. The molecule has 184 valence electrons. The van der Waals surface area contributed by atoms with E-state index in [4.69, 9.17) is 9.84 Å². The van der Waals surface area contributed by atoms with Gasteiger partial charge in [-0.1, -0.05) is 18.2 Å². The molecule has 2 atom stereocenters. The number of nitrogens with one attached hydrogen (secondary N) is 1. The van der Waals surface area contributed by atoms with E-state index in [1.807, 2.05) is 23.7 Å². The number of benzene rings is 2. The van der Waals surface area contributed by atoms with E-state index in [9.17, 15) is 15.5 Å². The summed E-state index contributed by atoms with van der Waals surface area (Å²) in [4.78, 5) is 2.34. The van der Waals surface area contributed by atoms with E-state index >= 15 is 0 Å². The highest BCUT2D eigenvalue weighted by Gasteiger charge is 2.19. The van der Waals surface area contributed by atoms with Gasteiger partial charge in [-0.25, -0.2) is 0 Å². The number of nitrogens with zero attached hydrogens (tertiary/aromatic N) is 3. The van der Waals surface area contributed by atoms with Crippen LogP contribution in [-0.4, -0.2) is 71.7 Å². The van der Waals surface area contributed by atoms with Gasteiger partial charge in [0.25, 0.3) is 0 Å². The Bertz CT molecular complexity index is 1250. The summed E-state index contributed by atoms with van der Waals surface area (Å²) in [6.45, 7) is 4.65. The Hall–Kier alpha value is -3.19. The fourth-order valence-electron chi connectivity index (χ4n) is 4.49. The number of hydrogen-bond donors (Lipinski definition) is 4. The third kappa shape index (κ3) is 5.40. The summed E-state index contributed by atoms with van der Waals surface area (Å²) in [6, 6.07) is 18.9. The lowest BCUT2D eigenvalue weighted by molar-refractivity contribution is 0.0767. The van der Waals surface area contributed by atoms with Crippen LogP contribution in [0.4, 0.5) is 5.69 Å². The maximum absolute atomic E-state index is 10.4. The molecule has 3 aromatic rings. The second kappa shape index (κ2) is 11.0. The van der Waals surface area contributed by atoms with Crippen LogP contribution in [-0.2, 0) is 11.8 Å². The summed E-state index contributed by atoms with van der Waals surface area (Å²) < 4.78 is 7.47. The number of allylic oxidation sites excluding steroid dienone is 1. The van der Waals surface area contributed by atoms with Crippen molar-refractivity contribution >= 4 is 22.0 Å². The molecule has 1 aliphatic rings. The highest BCUT2D eigenvalue weighted by molar-refractivity contribution is 5.90. The maximum Gasteiger partial charge on any atom is 0.141 e. The average molecular weight is 477 g/mol. The number of aliphatic hydroxyl groups is 3. The zero-order chi connectivity index (χ0) is 24.9. The number of aliphatic hydroxyl groups excluding tert-OH is 3. The van der Waals surface area contributed by atoms with Crippen molar-refractivity contribution in [1.29, 1.82) is 5.26 Å². The molecule has 1 aromatic heterocycles. The van der Waals surface area contributed by atoms with Gasteiger partial charge in [-0.15, -0.1) is 0 Å². The Morgan fingerprint density at radius 2 is 1.80 bits per heavy atom. The molecule has 0 bridgehead atoms. The molecule has 2 heterocycles. The van der Waals surface area contributed by atoms with Gasteiger partial charge in [0.2, 0.25) is 0 Å². The minimum absolute atomic E-state index is 0.0289. The number of morpholine rings is 1. The lowest BCUT2D eigenvalue weighted by Gasteiger charge is -2.29. The van der Waals surface area contributed by atoms with Gasteiger partial charge in [0.1, 0.15) is 6.23 Å². The highest BCUT2D eigenvalue weighted by atomic mass is 16.5. The lowest BCUT2D eigenvalue weighted by Crippen LogP contribution is -2.38. The number of ether oxygens (including phenoxy) is 1. The van der Waals surface area contributed by atoms with Crippen LogP contribution in [0, 0.1) is 11.3 Å². The van der Waals surface area contributed by atoms with Crippen molar-refractivity contribution in [3.05, 3.63) is 59.8 Å². The Balaban J connectivity index is 1.60. The molecular weight excluding hydrogens is 444 g/mol.